The number of piperidine rings is 1. The summed E-state index contributed by atoms with van der Waals surface area (Å²) in [5, 5.41) is 4.61. The fourth-order valence-electron chi connectivity index (χ4n) is 2.68. The second-order valence-electron chi connectivity index (χ2n) is 5.49. The molecule has 5 nitrogen and oxygen atoms in total. The first-order valence-corrected chi connectivity index (χ1v) is 9.79. The van der Waals surface area contributed by atoms with Gasteiger partial charge in [0, 0.05) is 18.8 Å². The smallest absolute Gasteiger partial charge is 0.252 e. The Hall–Kier alpha value is -1.70. The Morgan fingerprint density at radius 2 is 1.96 bits per heavy atom. The molecule has 1 aromatic carbocycles. The molecule has 0 spiro atoms. The summed E-state index contributed by atoms with van der Waals surface area (Å²) in [7, 11) is -3.49. The number of nitrogens with zero attached hydrogens (tertiary/aromatic N) is 1. The van der Waals surface area contributed by atoms with Crippen molar-refractivity contribution >= 4 is 33.0 Å². The highest BCUT2D eigenvalue weighted by Crippen LogP contribution is 2.27. The standard InChI is InChI=1S/C16H18N2O3S2/c19-16(17-14-7-2-1-3-8-14)13-6-4-10-18(12-13)23(20,21)15-9-5-11-22-15/h1-3,5,7-9,11,13H,4,6,10,12H2,(H,17,19)/t13-/m1/s1. The SMILES string of the molecule is O=C(Nc1ccccc1)[C@@H]1CCCN(S(=O)(=O)c2cccs2)C1. The molecular weight excluding hydrogens is 332 g/mol. The van der Waals surface area contributed by atoms with Crippen LogP contribution in [0.25, 0.3) is 0 Å². The van der Waals surface area contributed by atoms with Gasteiger partial charge in [-0.05, 0) is 36.4 Å². The molecule has 0 unspecified atom stereocenters. The predicted molar refractivity (Wildman–Crippen MR) is 90.9 cm³/mol. The number of benzene rings is 1. The molecule has 23 heavy (non-hydrogen) atoms. The Balaban J connectivity index is 1.70. The molecule has 1 fully saturated rings. The minimum Gasteiger partial charge on any atom is -0.326 e. The number of sulfonamides is 1. The van der Waals surface area contributed by atoms with Crippen LogP contribution >= 0.6 is 11.3 Å². The fourth-order valence-corrected chi connectivity index (χ4v) is 5.35. The summed E-state index contributed by atoms with van der Waals surface area (Å²) in [4.78, 5) is 12.4. The molecule has 1 aliphatic rings. The maximum atomic E-state index is 12.6. The number of anilines is 1. The maximum absolute atomic E-state index is 12.6. The third-order valence-corrected chi connectivity index (χ3v) is 7.12. The van der Waals surface area contributed by atoms with Crippen LogP contribution in [0.1, 0.15) is 12.8 Å². The normalized spacial score (nSPS) is 19.4. The number of nitrogens with one attached hydrogen (secondary N) is 1. The first-order valence-electron chi connectivity index (χ1n) is 7.47. The molecule has 1 aliphatic heterocycles. The van der Waals surface area contributed by atoms with E-state index in [2.05, 4.69) is 5.32 Å². The zero-order chi connectivity index (χ0) is 16.3. The van der Waals surface area contributed by atoms with Crippen LogP contribution in [-0.4, -0.2) is 31.7 Å². The molecule has 1 amide bonds. The molecule has 3 rings (SSSR count). The van der Waals surface area contributed by atoms with Gasteiger partial charge in [0.2, 0.25) is 5.91 Å². The van der Waals surface area contributed by atoms with Crippen molar-refractivity contribution in [2.24, 2.45) is 5.92 Å². The molecule has 1 atom stereocenters. The number of amides is 1. The van der Waals surface area contributed by atoms with E-state index in [1.165, 1.54) is 15.6 Å². The van der Waals surface area contributed by atoms with Crippen molar-refractivity contribution < 1.29 is 13.2 Å². The van der Waals surface area contributed by atoms with Gasteiger partial charge in [-0.1, -0.05) is 24.3 Å². The summed E-state index contributed by atoms with van der Waals surface area (Å²) >= 11 is 1.21. The van der Waals surface area contributed by atoms with Gasteiger partial charge in [0.25, 0.3) is 10.0 Å². The third-order valence-electron chi connectivity index (χ3n) is 3.89. The number of para-hydroxylation sites is 1. The first-order chi connectivity index (χ1) is 11.1. The molecule has 0 bridgehead atoms. The number of thiophene rings is 1. The van der Waals surface area contributed by atoms with Gasteiger partial charge in [-0.25, -0.2) is 8.42 Å². The lowest BCUT2D eigenvalue weighted by Crippen LogP contribution is -2.43. The van der Waals surface area contributed by atoms with Crippen LogP contribution in [0.3, 0.4) is 0 Å². The Labute approximate surface area is 140 Å². The first kappa shape index (κ1) is 16.2. The van der Waals surface area contributed by atoms with Gasteiger partial charge in [0.15, 0.2) is 0 Å². The molecule has 2 heterocycles. The quantitative estimate of drug-likeness (QED) is 0.922. The summed E-state index contributed by atoms with van der Waals surface area (Å²) in [6, 6.07) is 12.6. The number of hydrogen-bond donors (Lipinski definition) is 1. The zero-order valence-electron chi connectivity index (χ0n) is 12.5. The Bertz CT molecular complexity index is 758. The minimum atomic E-state index is -3.49. The Kier molecular flexibility index (Phi) is 4.79. The largest absolute Gasteiger partial charge is 0.326 e. The molecular formula is C16H18N2O3S2. The fraction of sp³-hybridized carbons (Fsp3) is 0.312. The van der Waals surface area contributed by atoms with Crippen molar-refractivity contribution in [3.8, 4) is 0 Å². The molecule has 0 saturated carbocycles. The van der Waals surface area contributed by atoms with E-state index in [1.807, 2.05) is 30.3 Å². The summed E-state index contributed by atoms with van der Waals surface area (Å²) < 4.78 is 26.9. The molecule has 0 aliphatic carbocycles. The molecule has 1 saturated heterocycles. The highest BCUT2D eigenvalue weighted by Gasteiger charge is 2.33. The van der Waals surface area contributed by atoms with Crippen LogP contribution in [0.4, 0.5) is 5.69 Å². The van der Waals surface area contributed by atoms with Crippen LogP contribution in [0.2, 0.25) is 0 Å². The summed E-state index contributed by atoms with van der Waals surface area (Å²) in [5.41, 5.74) is 0.732. The third kappa shape index (κ3) is 3.63. The van der Waals surface area contributed by atoms with E-state index in [0.717, 1.165) is 5.69 Å². The molecule has 122 valence electrons. The summed E-state index contributed by atoms with van der Waals surface area (Å²) in [5.74, 6) is -0.444. The average molecular weight is 350 g/mol. The Morgan fingerprint density at radius 1 is 1.17 bits per heavy atom. The van der Waals surface area contributed by atoms with Gasteiger partial charge in [0.05, 0.1) is 5.92 Å². The van der Waals surface area contributed by atoms with Crippen molar-refractivity contribution in [2.45, 2.75) is 17.1 Å². The van der Waals surface area contributed by atoms with Crippen LogP contribution in [-0.2, 0) is 14.8 Å². The highest BCUT2D eigenvalue weighted by molar-refractivity contribution is 7.91. The van der Waals surface area contributed by atoms with E-state index >= 15 is 0 Å². The van der Waals surface area contributed by atoms with Crippen molar-refractivity contribution in [3.63, 3.8) is 0 Å². The van der Waals surface area contributed by atoms with Crippen LogP contribution in [0.5, 0.6) is 0 Å². The lowest BCUT2D eigenvalue weighted by Gasteiger charge is -2.30. The molecule has 2 aromatic rings. The van der Waals surface area contributed by atoms with E-state index in [1.54, 1.807) is 17.5 Å². The molecule has 1 N–H and O–H groups in total. The van der Waals surface area contributed by atoms with E-state index in [0.29, 0.717) is 23.6 Å². The monoisotopic (exact) mass is 350 g/mol. The second-order valence-corrected chi connectivity index (χ2v) is 8.60. The molecule has 0 radical (unpaired) electrons. The van der Waals surface area contributed by atoms with Gasteiger partial charge < -0.3 is 5.32 Å². The van der Waals surface area contributed by atoms with Gasteiger partial charge in [-0.15, -0.1) is 11.3 Å². The van der Waals surface area contributed by atoms with Gasteiger partial charge in [-0.2, -0.15) is 4.31 Å². The van der Waals surface area contributed by atoms with Crippen molar-refractivity contribution in [2.75, 3.05) is 18.4 Å². The zero-order valence-corrected chi connectivity index (χ0v) is 14.1. The number of hydrogen-bond acceptors (Lipinski definition) is 4. The van der Waals surface area contributed by atoms with Gasteiger partial charge in [0.1, 0.15) is 4.21 Å². The highest BCUT2D eigenvalue weighted by atomic mass is 32.2. The van der Waals surface area contributed by atoms with Crippen LogP contribution in [0.15, 0.2) is 52.1 Å². The number of rotatable bonds is 4. The predicted octanol–water partition coefficient (Wildman–Crippen LogP) is 2.79. The van der Waals surface area contributed by atoms with Crippen molar-refractivity contribution in [1.82, 2.24) is 4.31 Å². The molecule has 7 heteroatoms. The number of carbonyl (C=O) groups is 1. The van der Waals surface area contributed by atoms with E-state index < -0.39 is 10.0 Å². The lowest BCUT2D eigenvalue weighted by atomic mass is 9.99. The summed E-state index contributed by atoms with van der Waals surface area (Å²) in [6.45, 7) is 0.703. The van der Waals surface area contributed by atoms with Crippen molar-refractivity contribution in [3.05, 3.63) is 47.8 Å². The van der Waals surface area contributed by atoms with E-state index in [9.17, 15) is 13.2 Å². The van der Waals surface area contributed by atoms with Crippen LogP contribution < -0.4 is 5.32 Å². The number of carbonyl (C=O) groups excluding carboxylic acids is 1. The topological polar surface area (TPSA) is 66.5 Å². The average Bonchev–Trinajstić information content (AvgIpc) is 3.11. The van der Waals surface area contributed by atoms with E-state index in [-0.39, 0.29) is 18.4 Å². The maximum Gasteiger partial charge on any atom is 0.252 e. The lowest BCUT2D eigenvalue weighted by molar-refractivity contribution is -0.120. The van der Waals surface area contributed by atoms with Gasteiger partial charge >= 0.3 is 0 Å². The Morgan fingerprint density at radius 3 is 2.65 bits per heavy atom. The van der Waals surface area contributed by atoms with Crippen molar-refractivity contribution in [1.29, 1.82) is 0 Å². The van der Waals surface area contributed by atoms with Gasteiger partial charge in [-0.3, -0.25) is 4.79 Å². The minimum absolute atomic E-state index is 0.123. The second kappa shape index (κ2) is 6.82. The molecule has 1 aromatic heterocycles. The van der Waals surface area contributed by atoms with Crippen LogP contribution in [0, 0.1) is 5.92 Å². The van der Waals surface area contributed by atoms with E-state index in [4.69, 9.17) is 0 Å². The summed E-state index contributed by atoms with van der Waals surface area (Å²) in [6.07, 6.45) is 1.40.